The summed E-state index contributed by atoms with van der Waals surface area (Å²) < 4.78 is 2.15. The van der Waals surface area contributed by atoms with E-state index in [0.717, 1.165) is 32.2 Å². The fourth-order valence-corrected chi connectivity index (χ4v) is 3.65. The molecule has 3 heteroatoms. The summed E-state index contributed by atoms with van der Waals surface area (Å²) in [5.41, 5.74) is 13.3. The zero-order chi connectivity index (χ0) is 18.0. The Morgan fingerprint density at radius 1 is 0.760 bits per heavy atom. The van der Waals surface area contributed by atoms with Gasteiger partial charge in [0.05, 0.1) is 0 Å². The van der Waals surface area contributed by atoms with E-state index >= 15 is 0 Å². The van der Waals surface area contributed by atoms with Gasteiger partial charge in [-0.1, -0.05) is 76.0 Å². The van der Waals surface area contributed by atoms with E-state index < -0.39 is 0 Å². The third-order valence-corrected chi connectivity index (χ3v) is 5.74. The van der Waals surface area contributed by atoms with Crippen molar-refractivity contribution in [2.24, 2.45) is 0 Å². The van der Waals surface area contributed by atoms with Gasteiger partial charge in [0.25, 0.3) is 0 Å². The predicted molar refractivity (Wildman–Crippen MR) is 116 cm³/mol. The average molecular weight is 459 g/mol. The normalized spacial score (nSPS) is 12.2. The van der Waals surface area contributed by atoms with Crippen molar-refractivity contribution in [2.75, 3.05) is 5.73 Å². The van der Waals surface area contributed by atoms with Gasteiger partial charge in [0.2, 0.25) is 0 Å². The van der Waals surface area contributed by atoms with Crippen LogP contribution in [-0.2, 0) is 0 Å². The number of benzene rings is 3. The SMILES string of the molecule is CCC(C)c1ccc(N)c(-c2ccc(Br)cc2)c1-c1ccc(Br)cc1. The molecule has 0 saturated heterocycles. The van der Waals surface area contributed by atoms with Crippen LogP contribution in [0.2, 0.25) is 0 Å². The lowest BCUT2D eigenvalue weighted by Crippen LogP contribution is -2.01. The molecule has 3 aromatic rings. The van der Waals surface area contributed by atoms with E-state index in [1.807, 2.05) is 6.07 Å². The van der Waals surface area contributed by atoms with Gasteiger partial charge >= 0.3 is 0 Å². The van der Waals surface area contributed by atoms with Crippen LogP contribution in [0, 0.1) is 0 Å². The van der Waals surface area contributed by atoms with E-state index in [4.69, 9.17) is 5.73 Å². The second kappa shape index (κ2) is 7.76. The summed E-state index contributed by atoms with van der Waals surface area (Å²) in [5, 5.41) is 0. The lowest BCUT2D eigenvalue weighted by molar-refractivity contribution is 0.735. The highest BCUT2D eigenvalue weighted by Crippen LogP contribution is 2.42. The van der Waals surface area contributed by atoms with E-state index in [-0.39, 0.29) is 0 Å². The molecule has 25 heavy (non-hydrogen) atoms. The van der Waals surface area contributed by atoms with E-state index in [1.165, 1.54) is 16.7 Å². The molecule has 0 amide bonds. The summed E-state index contributed by atoms with van der Waals surface area (Å²) in [7, 11) is 0. The third-order valence-electron chi connectivity index (χ3n) is 4.68. The number of nitrogens with two attached hydrogens (primary N) is 1. The molecule has 2 N–H and O–H groups in total. The Kier molecular flexibility index (Phi) is 5.65. The maximum absolute atomic E-state index is 6.45. The van der Waals surface area contributed by atoms with Gasteiger partial charge in [0.15, 0.2) is 0 Å². The number of hydrogen-bond donors (Lipinski definition) is 1. The predicted octanol–water partition coefficient (Wildman–Crippen LogP) is 7.64. The van der Waals surface area contributed by atoms with Gasteiger partial charge in [-0.15, -0.1) is 0 Å². The van der Waals surface area contributed by atoms with Gasteiger partial charge in [0, 0.05) is 20.2 Å². The van der Waals surface area contributed by atoms with Gasteiger partial charge in [-0.3, -0.25) is 0 Å². The smallest absolute Gasteiger partial charge is 0.0400 e. The van der Waals surface area contributed by atoms with Crippen LogP contribution >= 0.6 is 31.9 Å². The Morgan fingerprint density at radius 3 is 1.72 bits per heavy atom. The van der Waals surface area contributed by atoms with Gasteiger partial charge in [-0.05, 0) is 64.9 Å². The molecule has 0 aliphatic heterocycles. The quantitative estimate of drug-likeness (QED) is 0.399. The van der Waals surface area contributed by atoms with Gasteiger partial charge < -0.3 is 5.73 Å². The minimum absolute atomic E-state index is 0.466. The van der Waals surface area contributed by atoms with Crippen molar-refractivity contribution in [1.82, 2.24) is 0 Å². The molecule has 1 atom stereocenters. The van der Waals surface area contributed by atoms with Gasteiger partial charge in [-0.2, -0.15) is 0 Å². The molecule has 128 valence electrons. The van der Waals surface area contributed by atoms with Crippen molar-refractivity contribution in [3.63, 3.8) is 0 Å². The number of nitrogen functional groups attached to an aromatic ring is 1. The van der Waals surface area contributed by atoms with Crippen molar-refractivity contribution in [2.45, 2.75) is 26.2 Å². The summed E-state index contributed by atoms with van der Waals surface area (Å²) in [6, 6.07) is 21.1. The molecule has 3 aromatic carbocycles. The maximum atomic E-state index is 6.45. The standard InChI is InChI=1S/C22H21Br2N/c1-3-14(2)19-12-13-20(25)22(16-6-10-18(24)11-7-16)21(19)15-4-8-17(23)9-5-15/h4-14H,3,25H2,1-2H3. The molecule has 1 nitrogen and oxygen atoms in total. The monoisotopic (exact) mass is 457 g/mol. The number of rotatable bonds is 4. The molecule has 1 unspecified atom stereocenters. The van der Waals surface area contributed by atoms with Crippen LogP contribution in [-0.4, -0.2) is 0 Å². The molecular formula is C22H21Br2N. The zero-order valence-electron chi connectivity index (χ0n) is 14.4. The average Bonchev–Trinajstić information content (AvgIpc) is 2.62. The Bertz CT molecular complexity index is 868. The molecule has 3 rings (SSSR count). The number of anilines is 1. The lowest BCUT2D eigenvalue weighted by Gasteiger charge is -2.21. The van der Waals surface area contributed by atoms with Crippen LogP contribution in [0.4, 0.5) is 5.69 Å². The van der Waals surface area contributed by atoms with Crippen molar-refractivity contribution < 1.29 is 0 Å². The van der Waals surface area contributed by atoms with E-state index in [1.54, 1.807) is 0 Å². The molecule has 0 radical (unpaired) electrons. The van der Waals surface area contributed by atoms with Crippen molar-refractivity contribution in [3.8, 4) is 22.3 Å². The number of hydrogen-bond acceptors (Lipinski definition) is 1. The fraction of sp³-hybridized carbons (Fsp3) is 0.182. The highest BCUT2D eigenvalue weighted by molar-refractivity contribution is 9.10. The van der Waals surface area contributed by atoms with E-state index in [0.29, 0.717) is 5.92 Å². The first kappa shape index (κ1) is 18.2. The van der Waals surface area contributed by atoms with Crippen molar-refractivity contribution >= 4 is 37.5 Å². The Labute approximate surface area is 166 Å². The third kappa shape index (κ3) is 3.83. The topological polar surface area (TPSA) is 26.0 Å². The van der Waals surface area contributed by atoms with E-state index in [9.17, 15) is 0 Å². The van der Waals surface area contributed by atoms with Crippen LogP contribution in [0.3, 0.4) is 0 Å². The first-order valence-electron chi connectivity index (χ1n) is 8.45. The molecule has 0 aromatic heterocycles. The molecule has 0 fully saturated rings. The summed E-state index contributed by atoms with van der Waals surface area (Å²) in [6.07, 6.45) is 1.09. The molecule has 0 bridgehead atoms. The summed E-state index contributed by atoms with van der Waals surface area (Å²) in [6.45, 7) is 4.50. The first-order chi connectivity index (χ1) is 12.0. The minimum Gasteiger partial charge on any atom is -0.398 e. The Hall–Kier alpha value is -1.58. The van der Waals surface area contributed by atoms with Crippen LogP contribution < -0.4 is 5.73 Å². The highest BCUT2D eigenvalue weighted by atomic mass is 79.9. The van der Waals surface area contributed by atoms with E-state index in [2.05, 4.69) is 100 Å². The molecule has 0 aliphatic carbocycles. The summed E-state index contributed by atoms with van der Waals surface area (Å²) in [5.74, 6) is 0.466. The van der Waals surface area contributed by atoms with Crippen LogP contribution in [0.25, 0.3) is 22.3 Å². The van der Waals surface area contributed by atoms with Crippen LogP contribution in [0.5, 0.6) is 0 Å². The maximum Gasteiger partial charge on any atom is 0.0400 e. The molecule has 0 saturated carbocycles. The summed E-state index contributed by atoms with van der Waals surface area (Å²) >= 11 is 7.06. The number of halogens is 2. The Morgan fingerprint density at radius 2 is 1.24 bits per heavy atom. The second-order valence-corrected chi connectivity index (χ2v) is 8.15. The first-order valence-corrected chi connectivity index (χ1v) is 10.0. The Balaban J connectivity index is 2.32. The minimum atomic E-state index is 0.466. The van der Waals surface area contributed by atoms with Crippen molar-refractivity contribution in [1.29, 1.82) is 0 Å². The second-order valence-electron chi connectivity index (χ2n) is 6.32. The lowest BCUT2D eigenvalue weighted by atomic mass is 9.84. The molecule has 0 heterocycles. The van der Waals surface area contributed by atoms with Crippen LogP contribution in [0.15, 0.2) is 69.6 Å². The van der Waals surface area contributed by atoms with Gasteiger partial charge in [0.1, 0.15) is 0 Å². The van der Waals surface area contributed by atoms with Crippen molar-refractivity contribution in [3.05, 3.63) is 75.2 Å². The van der Waals surface area contributed by atoms with Crippen LogP contribution in [0.1, 0.15) is 31.7 Å². The fourth-order valence-electron chi connectivity index (χ4n) is 3.12. The zero-order valence-corrected chi connectivity index (χ0v) is 17.6. The largest absolute Gasteiger partial charge is 0.398 e. The highest BCUT2D eigenvalue weighted by Gasteiger charge is 2.18. The summed E-state index contributed by atoms with van der Waals surface area (Å²) in [4.78, 5) is 0. The van der Waals surface area contributed by atoms with Gasteiger partial charge in [-0.25, -0.2) is 0 Å². The molecular weight excluding hydrogens is 438 g/mol. The molecule has 0 spiro atoms. The molecule has 0 aliphatic rings.